The van der Waals surface area contributed by atoms with Crippen LogP contribution in [0.2, 0.25) is 5.02 Å². The summed E-state index contributed by atoms with van der Waals surface area (Å²) in [6.45, 7) is 5.16. The molecule has 0 aliphatic carbocycles. The molecule has 32 heavy (non-hydrogen) atoms. The quantitative estimate of drug-likeness (QED) is 0.370. The number of amides is 1. The van der Waals surface area contributed by atoms with Crippen LogP contribution < -0.4 is 10.1 Å². The number of rotatable bonds is 8. The van der Waals surface area contributed by atoms with E-state index >= 15 is 0 Å². The number of halogens is 1. The smallest absolute Gasteiger partial charge is 0.253 e. The van der Waals surface area contributed by atoms with E-state index in [0.717, 1.165) is 29.0 Å². The predicted molar refractivity (Wildman–Crippen MR) is 128 cm³/mol. The standard InChI is InChI=1S/C26H26ClN3O2/c1-3-19-12-14-20(15-13-19)32-17-16-30-24-11-7-6-10-23(24)29-25(30)18(2)28-26(31)21-8-4-5-9-22(21)27/h4-15,18H,3,16-17H2,1-2H3,(H,28,31). The fraction of sp³-hybridized carbons (Fsp3) is 0.231. The van der Waals surface area contributed by atoms with Gasteiger partial charge in [-0.2, -0.15) is 0 Å². The molecule has 0 saturated carbocycles. The minimum atomic E-state index is -0.310. The molecule has 1 unspecified atom stereocenters. The maximum Gasteiger partial charge on any atom is 0.253 e. The van der Waals surface area contributed by atoms with Crippen molar-refractivity contribution >= 4 is 28.5 Å². The lowest BCUT2D eigenvalue weighted by atomic mass is 10.2. The third-order valence-electron chi connectivity index (χ3n) is 5.45. The Labute approximate surface area is 193 Å². The molecule has 1 aromatic heterocycles. The lowest BCUT2D eigenvalue weighted by Gasteiger charge is -2.17. The van der Waals surface area contributed by atoms with Crippen LogP contribution in [0, 0.1) is 0 Å². The molecule has 0 aliphatic heterocycles. The van der Waals surface area contributed by atoms with E-state index < -0.39 is 0 Å². The number of ether oxygens (including phenoxy) is 1. The summed E-state index contributed by atoms with van der Waals surface area (Å²) in [6.07, 6.45) is 1.00. The van der Waals surface area contributed by atoms with Crippen molar-refractivity contribution in [1.29, 1.82) is 0 Å². The Kier molecular flexibility index (Phi) is 6.76. The van der Waals surface area contributed by atoms with Crippen molar-refractivity contribution in [2.75, 3.05) is 6.61 Å². The van der Waals surface area contributed by atoms with E-state index in [0.29, 0.717) is 23.7 Å². The first-order valence-corrected chi connectivity index (χ1v) is 11.2. The van der Waals surface area contributed by atoms with Gasteiger partial charge in [0.2, 0.25) is 0 Å². The molecule has 164 valence electrons. The van der Waals surface area contributed by atoms with Gasteiger partial charge in [-0.05, 0) is 55.3 Å². The van der Waals surface area contributed by atoms with Gasteiger partial charge < -0.3 is 14.6 Å². The molecule has 0 radical (unpaired) electrons. The van der Waals surface area contributed by atoms with E-state index in [2.05, 4.69) is 28.9 Å². The summed E-state index contributed by atoms with van der Waals surface area (Å²) in [5.74, 6) is 1.39. The van der Waals surface area contributed by atoms with E-state index in [-0.39, 0.29) is 11.9 Å². The SMILES string of the molecule is CCc1ccc(OCCn2c(C(C)NC(=O)c3ccccc3Cl)nc3ccccc32)cc1. The van der Waals surface area contributed by atoms with E-state index in [9.17, 15) is 4.79 Å². The van der Waals surface area contributed by atoms with Crippen molar-refractivity contribution in [3.05, 3.63) is 94.8 Å². The van der Waals surface area contributed by atoms with Crippen LogP contribution in [-0.4, -0.2) is 22.1 Å². The number of hydrogen-bond donors (Lipinski definition) is 1. The van der Waals surface area contributed by atoms with E-state index in [1.807, 2.05) is 43.3 Å². The zero-order valence-electron chi connectivity index (χ0n) is 18.2. The molecule has 1 N–H and O–H groups in total. The molecule has 0 saturated heterocycles. The van der Waals surface area contributed by atoms with Crippen LogP contribution in [-0.2, 0) is 13.0 Å². The number of hydrogen-bond acceptors (Lipinski definition) is 3. The molecule has 1 amide bonds. The van der Waals surface area contributed by atoms with Gasteiger partial charge in [0, 0.05) is 0 Å². The van der Waals surface area contributed by atoms with E-state index in [4.69, 9.17) is 21.3 Å². The Morgan fingerprint density at radius 2 is 1.78 bits per heavy atom. The van der Waals surface area contributed by atoms with Crippen LogP contribution in [0.3, 0.4) is 0 Å². The summed E-state index contributed by atoms with van der Waals surface area (Å²) in [5.41, 5.74) is 3.62. The van der Waals surface area contributed by atoms with Crippen LogP contribution >= 0.6 is 11.6 Å². The summed E-state index contributed by atoms with van der Waals surface area (Å²) in [7, 11) is 0. The number of nitrogens with one attached hydrogen (secondary N) is 1. The molecule has 0 spiro atoms. The first-order valence-electron chi connectivity index (χ1n) is 10.8. The van der Waals surface area contributed by atoms with Crippen molar-refractivity contribution < 1.29 is 9.53 Å². The van der Waals surface area contributed by atoms with Gasteiger partial charge in [0.25, 0.3) is 5.91 Å². The maximum atomic E-state index is 12.8. The molecular formula is C26H26ClN3O2. The number of aryl methyl sites for hydroxylation is 1. The molecule has 6 heteroatoms. The summed E-state index contributed by atoms with van der Waals surface area (Å²) >= 11 is 6.19. The molecule has 4 aromatic rings. The second-order valence-electron chi connectivity index (χ2n) is 7.63. The Morgan fingerprint density at radius 1 is 1.06 bits per heavy atom. The molecule has 1 heterocycles. The second kappa shape index (κ2) is 9.88. The molecule has 1 atom stereocenters. The monoisotopic (exact) mass is 447 g/mol. The zero-order valence-corrected chi connectivity index (χ0v) is 19.0. The fourth-order valence-corrected chi connectivity index (χ4v) is 3.94. The summed E-state index contributed by atoms with van der Waals surface area (Å²) in [4.78, 5) is 17.6. The minimum Gasteiger partial charge on any atom is -0.492 e. The van der Waals surface area contributed by atoms with Crippen molar-refractivity contribution in [3.8, 4) is 5.75 Å². The van der Waals surface area contributed by atoms with Crippen LogP contribution in [0.1, 0.15) is 41.6 Å². The number of para-hydroxylation sites is 2. The first kappa shape index (κ1) is 21.9. The molecule has 4 rings (SSSR count). The molecule has 0 aliphatic rings. The topological polar surface area (TPSA) is 56.1 Å². The highest BCUT2D eigenvalue weighted by Gasteiger charge is 2.20. The number of benzene rings is 3. The van der Waals surface area contributed by atoms with Crippen molar-refractivity contribution in [3.63, 3.8) is 0 Å². The fourth-order valence-electron chi connectivity index (χ4n) is 3.72. The van der Waals surface area contributed by atoms with Gasteiger partial charge in [-0.25, -0.2) is 4.98 Å². The minimum absolute atomic E-state index is 0.228. The molecule has 5 nitrogen and oxygen atoms in total. The average Bonchev–Trinajstić information content (AvgIpc) is 3.18. The number of imidazole rings is 1. The molecule has 3 aromatic carbocycles. The van der Waals surface area contributed by atoms with Crippen LogP contribution in [0.15, 0.2) is 72.8 Å². The van der Waals surface area contributed by atoms with Crippen molar-refractivity contribution in [1.82, 2.24) is 14.9 Å². The Morgan fingerprint density at radius 3 is 2.53 bits per heavy atom. The van der Waals surface area contributed by atoms with E-state index in [1.54, 1.807) is 24.3 Å². The third-order valence-corrected chi connectivity index (χ3v) is 5.78. The second-order valence-corrected chi connectivity index (χ2v) is 8.04. The highest BCUT2D eigenvalue weighted by atomic mass is 35.5. The maximum absolute atomic E-state index is 12.8. The van der Waals surface area contributed by atoms with Gasteiger partial charge in [-0.3, -0.25) is 4.79 Å². The van der Waals surface area contributed by atoms with Crippen LogP contribution in [0.25, 0.3) is 11.0 Å². The highest BCUT2D eigenvalue weighted by Crippen LogP contribution is 2.23. The van der Waals surface area contributed by atoms with Crippen molar-refractivity contribution in [2.45, 2.75) is 32.9 Å². The molecule has 0 fully saturated rings. The molecular weight excluding hydrogens is 422 g/mol. The predicted octanol–water partition coefficient (Wildman–Crippen LogP) is 5.82. The normalized spacial score (nSPS) is 12.0. The van der Waals surface area contributed by atoms with Crippen molar-refractivity contribution in [2.24, 2.45) is 0 Å². The molecule has 0 bridgehead atoms. The largest absolute Gasteiger partial charge is 0.492 e. The number of fused-ring (bicyclic) bond motifs is 1. The van der Waals surface area contributed by atoms with Gasteiger partial charge >= 0.3 is 0 Å². The number of carbonyl (C=O) groups is 1. The summed E-state index contributed by atoms with van der Waals surface area (Å²) in [5, 5.41) is 3.45. The number of nitrogens with zero attached hydrogens (tertiary/aromatic N) is 2. The summed E-state index contributed by atoms with van der Waals surface area (Å²) < 4.78 is 8.08. The van der Waals surface area contributed by atoms with Crippen LogP contribution in [0.4, 0.5) is 0 Å². The van der Waals surface area contributed by atoms with Gasteiger partial charge in [0.05, 0.1) is 34.2 Å². The first-order chi connectivity index (χ1) is 15.6. The zero-order chi connectivity index (χ0) is 22.5. The highest BCUT2D eigenvalue weighted by molar-refractivity contribution is 6.33. The lowest BCUT2D eigenvalue weighted by molar-refractivity contribution is 0.0937. The number of carbonyl (C=O) groups excluding carboxylic acids is 1. The van der Waals surface area contributed by atoms with Gasteiger partial charge in [-0.1, -0.05) is 54.9 Å². The summed E-state index contributed by atoms with van der Waals surface area (Å²) in [6, 6.07) is 22.8. The Hall–Kier alpha value is -3.31. The Bertz CT molecular complexity index is 1220. The van der Waals surface area contributed by atoms with Gasteiger partial charge in [0.1, 0.15) is 18.2 Å². The average molecular weight is 448 g/mol. The Balaban J connectivity index is 1.52. The third kappa shape index (κ3) is 4.78. The number of aromatic nitrogens is 2. The van der Waals surface area contributed by atoms with Crippen LogP contribution in [0.5, 0.6) is 5.75 Å². The van der Waals surface area contributed by atoms with E-state index in [1.165, 1.54) is 5.56 Å². The lowest BCUT2D eigenvalue weighted by Crippen LogP contribution is -2.29. The van der Waals surface area contributed by atoms with Gasteiger partial charge in [0.15, 0.2) is 0 Å². The van der Waals surface area contributed by atoms with Gasteiger partial charge in [-0.15, -0.1) is 0 Å².